The van der Waals surface area contributed by atoms with E-state index in [4.69, 9.17) is 21.1 Å². The molecule has 4 aromatic carbocycles. The Kier molecular flexibility index (Phi) is 22.1. The van der Waals surface area contributed by atoms with Gasteiger partial charge in [-0.15, -0.1) is 0 Å². The minimum absolute atomic E-state index is 0.0747. The van der Waals surface area contributed by atoms with Crippen molar-refractivity contribution in [1.29, 1.82) is 0 Å². The van der Waals surface area contributed by atoms with E-state index >= 15 is 0 Å². The first-order chi connectivity index (χ1) is 35.6. The average molecular weight is 1810 g/mol. The van der Waals surface area contributed by atoms with E-state index in [1.165, 1.54) is 68.6 Å². The number of halogens is 7. The molecule has 29 heteroatoms. The number of non-ortho nitro benzene ring substituents is 2. The molecule has 0 saturated carbocycles. The van der Waals surface area contributed by atoms with Gasteiger partial charge in [0.15, 0.2) is 0 Å². The molecule has 0 radical (unpaired) electrons. The van der Waals surface area contributed by atoms with E-state index in [0.717, 1.165) is 0 Å². The first kappa shape index (κ1) is 62.6. The molecule has 4 amide bonds. The quantitative estimate of drug-likeness (QED) is 0.0264. The van der Waals surface area contributed by atoms with Crippen molar-refractivity contribution in [3.05, 3.63) is 165 Å². The number of benzene rings is 4. The van der Waals surface area contributed by atoms with Crippen molar-refractivity contribution in [3.8, 4) is 11.5 Å². The number of hydrogen-bond donors (Lipinski definition) is 1. The van der Waals surface area contributed by atoms with E-state index in [2.05, 4.69) is 130 Å². The van der Waals surface area contributed by atoms with Crippen LogP contribution in [-0.4, -0.2) is 111 Å². The zero-order chi connectivity index (χ0) is 56.0. The number of hydrogen-bond acceptors (Lipinski definition) is 14. The monoisotopic (exact) mass is 1810 g/mol. The predicted molar refractivity (Wildman–Crippen MR) is 324 cm³/mol. The second kappa shape index (κ2) is 26.8. The van der Waals surface area contributed by atoms with Crippen LogP contribution < -0.4 is 9.47 Å². The fraction of sp³-hybridized carbons (Fsp3) is 0.255. The number of carbonyl (C=O) groups is 6. The van der Waals surface area contributed by atoms with Gasteiger partial charge in [0, 0.05) is 48.7 Å². The van der Waals surface area contributed by atoms with Crippen LogP contribution in [0.15, 0.2) is 133 Å². The maximum absolute atomic E-state index is 13.3. The molecule has 2 aliphatic carbocycles. The van der Waals surface area contributed by atoms with Crippen LogP contribution in [0.5, 0.6) is 11.5 Å². The van der Waals surface area contributed by atoms with Gasteiger partial charge in [-0.25, -0.2) is 29.6 Å². The normalized spacial score (nSPS) is 25.1. The summed E-state index contributed by atoms with van der Waals surface area (Å²) in [4.78, 5) is 94.2. The molecule has 6 aliphatic heterocycles. The van der Waals surface area contributed by atoms with Gasteiger partial charge in [0.1, 0.15) is 41.0 Å². The van der Waals surface area contributed by atoms with Gasteiger partial charge in [0.2, 0.25) is 0 Å². The summed E-state index contributed by atoms with van der Waals surface area (Å²) >= 11 is 19.5. The molecule has 4 fully saturated rings. The van der Waals surface area contributed by atoms with Crippen LogP contribution in [0.4, 0.5) is 21.0 Å². The molecule has 4 aromatic rings. The molecule has 8 unspecified atom stereocenters. The number of carbonyl (C=O) groups excluding carboxylic acids is 6. The third-order valence-corrected chi connectivity index (χ3v) is 12.2. The number of nitro benzene ring substituents is 2. The Morgan fingerprint density at radius 3 is 1.38 bits per heavy atom. The SMILES string of the molecule is CC1(O)CC2C=CC1N1C(=O)C(c3ccccc3)C(=O)N21.CC1(OC(=O)Oc2ccc([N+](=O)[O-])cc2)CC2C=CC1N1C(=O)C(c3ccccc3)C(=O)N21.O=C(Cl)Oc1ccc([N+](=O)[O-])cc1.[CH2]=[V]([I])([I])[I].[I][V]([I])[I]. The summed E-state index contributed by atoms with van der Waals surface area (Å²) in [6.45, 7) is 3.41. The van der Waals surface area contributed by atoms with E-state index in [9.17, 15) is 54.1 Å². The Balaban J connectivity index is 0.000000185. The first-order valence-electron chi connectivity index (χ1n) is 22.0. The van der Waals surface area contributed by atoms with Gasteiger partial charge >= 0.3 is 145 Å². The predicted octanol–water partition coefficient (Wildman–Crippen LogP) is 11.4. The van der Waals surface area contributed by atoms with E-state index < -0.39 is 65.9 Å². The maximum atomic E-state index is 13.3. The Bertz CT molecular complexity index is 2970. The van der Waals surface area contributed by atoms with Crippen LogP contribution >= 0.6 is 131 Å². The molecule has 402 valence electrons. The van der Waals surface area contributed by atoms with Gasteiger partial charge in [-0.2, -0.15) is 0 Å². The summed E-state index contributed by atoms with van der Waals surface area (Å²) in [7, 11) is 0. The molecule has 0 spiro atoms. The summed E-state index contributed by atoms with van der Waals surface area (Å²) in [5.41, 5.74) is -1.99. The van der Waals surface area contributed by atoms with Gasteiger partial charge in [0.25, 0.3) is 35.0 Å². The van der Waals surface area contributed by atoms with Gasteiger partial charge in [0.05, 0.1) is 27.5 Å². The zero-order valence-corrected chi connectivity index (χ0v) is 55.8. The van der Waals surface area contributed by atoms with E-state index in [1.54, 1.807) is 56.3 Å². The van der Waals surface area contributed by atoms with Gasteiger partial charge in [-0.05, 0) is 49.2 Å². The number of nitro groups is 2. The number of aliphatic hydroxyl groups is 1. The van der Waals surface area contributed by atoms with Crippen molar-refractivity contribution in [2.75, 3.05) is 0 Å². The number of rotatable bonds is 7. The second-order valence-electron chi connectivity index (χ2n) is 17.3. The van der Waals surface area contributed by atoms with Crippen LogP contribution in [0.2, 0.25) is 0 Å². The Hall–Kier alpha value is -2.55. The molecule has 76 heavy (non-hydrogen) atoms. The topological polar surface area (TPSA) is 250 Å². The average Bonchev–Trinajstić information content (AvgIpc) is 3.77. The molecule has 12 rings (SSSR count). The van der Waals surface area contributed by atoms with Crippen LogP contribution in [-0.2, 0) is 32.2 Å². The molecule has 6 heterocycles. The Labute approximate surface area is 512 Å². The summed E-state index contributed by atoms with van der Waals surface area (Å²) in [5, 5.41) is 41.2. The standard InChI is InChI=1S/C23H19N3O7.C16H16N2O3.C7H4ClNO4.CH2.6HI.2V/c1-23(33-22(29)32-17-10-7-15(8-11-17)26(30)31)13-16-9-12-18(23)25-21(28)19(20(27)24(16)25)14-5-3-2-4-6-14;1-16(21)9-11-7-8-12(16)18-15(20)13(14(19)17(11)18)10-5-3-2-4-6-10;8-7(10)13-6-3-1-5(2-4-6)9(11)12;;;;;;;;;/h2-12,16,18-19H,13H2,1H3;2-8,11-13,21H,9H2,1H3;1-4H;1H2;6*1H;;/q;;;;;;;;;;2*+3/p-6. The summed E-state index contributed by atoms with van der Waals surface area (Å²) in [6, 6.07) is 26.2. The van der Waals surface area contributed by atoms with Crippen LogP contribution in [0.1, 0.15) is 49.7 Å². The molecule has 4 saturated heterocycles. The number of hydrazine groups is 2. The van der Waals surface area contributed by atoms with E-state index in [-0.39, 0.29) is 57.5 Å². The summed E-state index contributed by atoms with van der Waals surface area (Å²) in [5.74, 6) is -2.58. The van der Waals surface area contributed by atoms with Crippen molar-refractivity contribution in [2.45, 2.75) is 73.9 Å². The number of ether oxygens (including phenoxy) is 3. The molecule has 8 atom stereocenters. The molecule has 8 aliphatic rings. The molecule has 1 N–H and O–H groups in total. The van der Waals surface area contributed by atoms with Crippen molar-refractivity contribution in [1.82, 2.24) is 20.0 Å². The molecule has 0 aromatic heterocycles. The molecular weight excluding hydrogens is 1770 g/mol. The zero-order valence-electron chi connectivity index (χ0n) is 39.3. The fourth-order valence-electron chi connectivity index (χ4n) is 9.10. The second-order valence-corrected chi connectivity index (χ2v) is 97.9. The van der Waals surface area contributed by atoms with E-state index in [1.807, 2.05) is 42.5 Å². The van der Waals surface area contributed by atoms with Crippen molar-refractivity contribution in [2.24, 2.45) is 0 Å². The van der Waals surface area contributed by atoms with Crippen LogP contribution in [0, 0.1) is 20.2 Å². The molecule has 20 nitrogen and oxygen atoms in total. The number of amides is 4. The fourth-order valence-corrected chi connectivity index (χ4v) is 9.19. The van der Waals surface area contributed by atoms with Crippen LogP contribution in [0.3, 0.4) is 0 Å². The third kappa shape index (κ3) is 15.7. The van der Waals surface area contributed by atoms with Gasteiger partial charge in [-0.1, -0.05) is 85.0 Å². The summed E-state index contributed by atoms with van der Waals surface area (Å²) in [6.07, 6.45) is 7.11. The van der Waals surface area contributed by atoms with Gasteiger partial charge in [-0.3, -0.25) is 39.4 Å². The van der Waals surface area contributed by atoms with E-state index in [0.29, 0.717) is 24.0 Å². The first-order valence-corrected chi connectivity index (χ1v) is 50.4. The van der Waals surface area contributed by atoms with Crippen molar-refractivity contribution in [3.63, 3.8) is 0 Å². The third-order valence-electron chi connectivity index (χ3n) is 12.1. The molecular formula is C47H41ClI6N6O14V2. The molecule has 4 bridgehead atoms. The number of fused-ring (bicyclic) bond motifs is 2. The Morgan fingerprint density at radius 1 is 0.645 bits per heavy atom. The summed E-state index contributed by atoms with van der Waals surface area (Å²) < 4.78 is 14.1. The minimum atomic E-state index is -1.22. The van der Waals surface area contributed by atoms with Crippen molar-refractivity contribution < 1.29 is 66.2 Å². The van der Waals surface area contributed by atoms with Crippen LogP contribution in [0.25, 0.3) is 0 Å². The van der Waals surface area contributed by atoms with Gasteiger partial charge < -0.3 is 19.3 Å². The Morgan fingerprint density at radius 2 is 1.00 bits per heavy atom. The van der Waals surface area contributed by atoms with Crippen molar-refractivity contribution >= 4 is 183 Å². The number of nitrogens with zero attached hydrogens (tertiary/aromatic N) is 6.